The lowest BCUT2D eigenvalue weighted by Gasteiger charge is -2.36. The van der Waals surface area contributed by atoms with Gasteiger partial charge in [-0.2, -0.15) is 0 Å². The maximum Gasteiger partial charge on any atom is 0.312 e. The molecule has 1 aromatic carbocycles. The molecule has 1 aliphatic carbocycles. The van der Waals surface area contributed by atoms with Gasteiger partial charge in [-0.05, 0) is 31.7 Å². The van der Waals surface area contributed by atoms with Crippen molar-refractivity contribution in [2.45, 2.75) is 38.3 Å². The molecule has 0 amide bonds. The molecule has 0 unspecified atom stereocenters. The number of benzene rings is 1. The standard InChI is InChI=1S/C15H19FO2/c1-2-18-14(17)13-10-6-7-11-15(13,16)12-8-4-3-5-9-12/h3-5,8-9,13H,2,6-7,10-11H2,1H3/t13-,15+/m0/s1. The molecule has 0 heterocycles. The monoisotopic (exact) mass is 250 g/mol. The molecule has 2 atom stereocenters. The third-order valence-electron chi connectivity index (χ3n) is 3.66. The SMILES string of the molecule is CCOC(=O)[C@@H]1CCCC[C@@]1(F)c1ccccc1. The molecule has 98 valence electrons. The van der Waals surface area contributed by atoms with Gasteiger partial charge in [-0.15, -0.1) is 0 Å². The van der Waals surface area contributed by atoms with Crippen molar-refractivity contribution in [3.63, 3.8) is 0 Å². The van der Waals surface area contributed by atoms with Crippen LogP contribution in [-0.2, 0) is 15.2 Å². The van der Waals surface area contributed by atoms with E-state index in [0.29, 0.717) is 25.0 Å². The summed E-state index contributed by atoms with van der Waals surface area (Å²) in [6.07, 6.45) is 2.69. The first-order chi connectivity index (χ1) is 8.68. The van der Waals surface area contributed by atoms with Gasteiger partial charge < -0.3 is 4.74 Å². The lowest BCUT2D eigenvalue weighted by Crippen LogP contribution is -2.39. The van der Waals surface area contributed by atoms with Gasteiger partial charge in [0.05, 0.1) is 12.5 Å². The molecular weight excluding hydrogens is 231 g/mol. The predicted octanol–water partition coefficient (Wildman–Crippen LogP) is 3.60. The molecule has 2 nitrogen and oxygen atoms in total. The average Bonchev–Trinajstić information content (AvgIpc) is 2.40. The van der Waals surface area contributed by atoms with Crippen molar-refractivity contribution < 1.29 is 13.9 Å². The maximum atomic E-state index is 15.2. The number of esters is 1. The van der Waals surface area contributed by atoms with Crippen molar-refractivity contribution >= 4 is 5.97 Å². The third kappa shape index (κ3) is 2.40. The number of hydrogen-bond acceptors (Lipinski definition) is 2. The van der Waals surface area contributed by atoms with Gasteiger partial charge in [0.15, 0.2) is 0 Å². The van der Waals surface area contributed by atoms with Crippen LogP contribution in [0, 0.1) is 5.92 Å². The van der Waals surface area contributed by atoms with Crippen LogP contribution in [0.5, 0.6) is 0 Å². The Kier molecular flexibility index (Phi) is 4.00. The molecule has 0 aromatic heterocycles. The molecule has 3 heteroatoms. The number of halogens is 1. The molecule has 0 spiro atoms. The van der Waals surface area contributed by atoms with Gasteiger partial charge in [0.2, 0.25) is 0 Å². The van der Waals surface area contributed by atoms with E-state index in [1.54, 1.807) is 19.1 Å². The highest BCUT2D eigenvalue weighted by Gasteiger charge is 2.47. The molecule has 18 heavy (non-hydrogen) atoms. The Labute approximate surface area is 107 Å². The van der Waals surface area contributed by atoms with Gasteiger partial charge in [0, 0.05) is 0 Å². The first kappa shape index (κ1) is 13.1. The fourth-order valence-electron chi connectivity index (χ4n) is 2.74. The smallest absolute Gasteiger partial charge is 0.312 e. The summed E-state index contributed by atoms with van der Waals surface area (Å²) in [7, 11) is 0. The molecule has 1 aromatic rings. The minimum absolute atomic E-state index is 0.306. The summed E-state index contributed by atoms with van der Waals surface area (Å²) in [4.78, 5) is 11.9. The normalized spacial score (nSPS) is 27.8. The van der Waals surface area contributed by atoms with Crippen molar-refractivity contribution in [2.24, 2.45) is 5.92 Å². The van der Waals surface area contributed by atoms with Gasteiger partial charge in [0.25, 0.3) is 0 Å². The van der Waals surface area contributed by atoms with Crippen molar-refractivity contribution in [1.29, 1.82) is 0 Å². The Morgan fingerprint density at radius 1 is 1.39 bits per heavy atom. The van der Waals surface area contributed by atoms with Gasteiger partial charge in [-0.1, -0.05) is 36.8 Å². The molecule has 1 saturated carbocycles. The van der Waals surface area contributed by atoms with E-state index in [-0.39, 0.29) is 0 Å². The van der Waals surface area contributed by atoms with Crippen LogP contribution in [0.4, 0.5) is 4.39 Å². The minimum atomic E-state index is -1.56. The van der Waals surface area contributed by atoms with Crippen LogP contribution in [0.15, 0.2) is 30.3 Å². The highest BCUT2D eigenvalue weighted by Crippen LogP contribution is 2.45. The van der Waals surface area contributed by atoms with Gasteiger partial charge in [-0.3, -0.25) is 4.79 Å². The zero-order valence-electron chi connectivity index (χ0n) is 10.7. The Morgan fingerprint density at radius 3 is 2.78 bits per heavy atom. The lowest BCUT2D eigenvalue weighted by atomic mass is 9.73. The zero-order valence-corrected chi connectivity index (χ0v) is 10.7. The summed E-state index contributed by atoms with van der Waals surface area (Å²) in [5, 5.41) is 0. The van der Waals surface area contributed by atoms with E-state index < -0.39 is 17.6 Å². The van der Waals surface area contributed by atoms with Crippen LogP contribution < -0.4 is 0 Å². The molecule has 0 N–H and O–H groups in total. The second kappa shape index (κ2) is 5.51. The summed E-state index contributed by atoms with van der Waals surface area (Å²) in [5.74, 6) is -1.06. The third-order valence-corrected chi connectivity index (χ3v) is 3.66. The molecule has 0 saturated heterocycles. The summed E-state index contributed by atoms with van der Waals surface area (Å²) in [6, 6.07) is 9.01. The van der Waals surface area contributed by atoms with Crippen LogP contribution in [0.25, 0.3) is 0 Å². The lowest BCUT2D eigenvalue weighted by molar-refractivity contribution is -0.157. The molecule has 0 radical (unpaired) electrons. The second-order valence-electron chi connectivity index (χ2n) is 4.78. The largest absolute Gasteiger partial charge is 0.466 e. The van der Waals surface area contributed by atoms with E-state index in [9.17, 15) is 4.79 Å². The fourth-order valence-corrected chi connectivity index (χ4v) is 2.74. The highest BCUT2D eigenvalue weighted by molar-refractivity contribution is 5.74. The molecule has 0 aliphatic heterocycles. The van der Waals surface area contributed by atoms with E-state index in [4.69, 9.17) is 4.74 Å². The molecule has 1 aliphatic rings. The summed E-state index contributed by atoms with van der Waals surface area (Å²) in [6.45, 7) is 2.06. The number of carbonyl (C=O) groups is 1. The van der Waals surface area contributed by atoms with E-state index in [1.807, 2.05) is 18.2 Å². The fraction of sp³-hybridized carbons (Fsp3) is 0.533. The Balaban J connectivity index is 2.29. The van der Waals surface area contributed by atoms with E-state index in [0.717, 1.165) is 12.8 Å². The highest BCUT2D eigenvalue weighted by atomic mass is 19.1. The zero-order chi connectivity index (χ0) is 13.0. The predicted molar refractivity (Wildman–Crippen MR) is 67.8 cm³/mol. The minimum Gasteiger partial charge on any atom is -0.466 e. The maximum absolute atomic E-state index is 15.2. The van der Waals surface area contributed by atoms with Crippen LogP contribution in [0.2, 0.25) is 0 Å². The van der Waals surface area contributed by atoms with Crippen molar-refractivity contribution in [3.05, 3.63) is 35.9 Å². The number of carbonyl (C=O) groups excluding carboxylic acids is 1. The van der Waals surface area contributed by atoms with Gasteiger partial charge in [-0.25, -0.2) is 4.39 Å². The Morgan fingerprint density at radius 2 is 2.11 bits per heavy atom. The average molecular weight is 250 g/mol. The summed E-state index contributed by atoms with van der Waals surface area (Å²) >= 11 is 0. The second-order valence-corrected chi connectivity index (χ2v) is 4.78. The van der Waals surface area contributed by atoms with E-state index in [2.05, 4.69) is 0 Å². The quantitative estimate of drug-likeness (QED) is 0.766. The Hall–Kier alpha value is -1.38. The van der Waals surface area contributed by atoms with E-state index >= 15 is 4.39 Å². The van der Waals surface area contributed by atoms with E-state index in [1.165, 1.54) is 0 Å². The molecule has 0 bridgehead atoms. The number of hydrogen-bond donors (Lipinski definition) is 0. The van der Waals surface area contributed by atoms with Crippen molar-refractivity contribution in [2.75, 3.05) is 6.61 Å². The number of alkyl halides is 1. The number of rotatable bonds is 3. The van der Waals surface area contributed by atoms with Crippen LogP contribution in [0.1, 0.15) is 38.2 Å². The van der Waals surface area contributed by atoms with Crippen LogP contribution >= 0.6 is 0 Å². The van der Waals surface area contributed by atoms with Gasteiger partial charge in [0.1, 0.15) is 5.67 Å². The topological polar surface area (TPSA) is 26.3 Å². The molecule has 1 fully saturated rings. The van der Waals surface area contributed by atoms with Crippen LogP contribution in [-0.4, -0.2) is 12.6 Å². The summed E-state index contributed by atoms with van der Waals surface area (Å²) in [5.41, 5.74) is -0.964. The van der Waals surface area contributed by atoms with Crippen molar-refractivity contribution in [1.82, 2.24) is 0 Å². The molecular formula is C15H19FO2. The van der Waals surface area contributed by atoms with Gasteiger partial charge >= 0.3 is 5.97 Å². The first-order valence-electron chi connectivity index (χ1n) is 6.59. The summed E-state index contributed by atoms with van der Waals surface area (Å²) < 4.78 is 20.3. The molecule has 2 rings (SSSR count). The number of ether oxygens (including phenoxy) is 1. The van der Waals surface area contributed by atoms with Crippen LogP contribution in [0.3, 0.4) is 0 Å². The first-order valence-corrected chi connectivity index (χ1v) is 6.59. The van der Waals surface area contributed by atoms with Crippen molar-refractivity contribution in [3.8, 4) is 0 Å². The Bertz CT molecular complexity index is 404.